The SMILES string of the molecule is CCCN(CCNCc1ccc(Cl)s1)C(C)C. The quantitative estimate of drug-likeness (QED) is 0.729. The van der Waals surface area contributed by atoms with Crippen LogP contribution in [0.5, 0.6) is 0 Å². The van der Waals surface area contributed by atoms with E-state index < -0.39 is 0 Å². The van der Waals surface area contributed by atoms with E-state index in [1.807, 2.05) is 6.07 Å². The minimum Gasteiger partial charge on any atom is -0.311 e. The Labute approximate surface area is 114 Å². The second-order valence-corrected chi connectivity index (χ2v) is 6.31. The van der Waals surface area contributed by atoms with E-state index in [-0.39, 0.29) is 0 Å². The van der Waals surface area contributed by atoms with Crippen LogP contribution in [0.3, 0.4) is 0 Å². The van der Waals surface area contributed by atoms with Crippen molar-refractivity contribution in [1.82, 2.24) is 10.2 Å². The molecule has 2 nitrogen and oxygen atoms in total. The monoisotopic (exact) mass is 274 g/mol. The zero-order valence-electron chi connectivity index (χ0n) is 11.0. The van der Waals surface area contributed by atoms with Gasteiger partial charge in [0.2, 0.25) is 0 Å². The highest BCUT2D eigenvalue weighted by Gasteiger charge is 2.07. The number of nitrogens with one attached hydrogen (secondary N) is 1. The molecule has 0 saturated carbocycles. The van der Waals surface area contributed by atoms with Crippen molar-refractivity contribution in [1.29, 1.82) is 0 Å². The van der Waals surface area contributed by atoms with Crippen molar-refractivity contribution in [3.63, 3.8) is 0 Å². The van der Waals surface area contributed by atoms with E-state index >= 15 is 0 Å². The predicted molar refractivity (Wildman–Crippen MR) is 78.0 cm³/mol. The first-order valence-corrected chi connectivity index (χ1v) is 7.52. The lowest BCUT2D eigenvalue weighted by Gasteiger charge is -2.25. The standard InChI is InChI=1S/C13H23ClN2S/c1-4-8-16(11(2)3)9-7-15-10-12-5-6-13(14)17-12/h5-6,11,15H,4,7-10H2,1-3H3. The molecule has 0 aliphatic carbocycles. The summed E-state index contributed by atoms with van der Waals surface area (Å²) in [6, 6.07) is 4.68. The van der Waals surface area contributed by atoms with Crippen LogP contribution in [-0.4, -0.2) is 30.6 Å². The summed E-state index contributed by atoms with van der Waals surface area (Å²) in [4.78, 5) is 3.82. The van der Waals surface area contributed by atoms with Gasteiger partial charge in [-0.3, -0.25) is 4.90 Å². The first kappa shape index (κ1) is 15.0. The minimum absolute atomic E-state index is 0.632. The molecule has 1 aromatic rings. The van der Waals surface area contributed by atoms with Crippen LogP contribution in [0.15, 0.2) is 12.1 Å². The van der Waals surface area contributed by atoms with Gasteiger partial charge in [-0.05, 0) is 38.9 Å². The van der Waals surface area contributed by atoms with Gasteiger partial charge >= 0.3 is 0 Å². The molecule has 0 saturated heterocycles. The Kier molecular flexibility index (Phi) is 7.12. The normalized spacial score (nSPS) is 11.6. The van der Waals surface area contributed by atoms with Crippen molar-refractivity contribution < 1.29 is 0 Å². The number of thiophene rings is 1. The Hall–Kier alpha value is -0.0900. The minimum atomic E-state index is 0.632. The summed E-state index contributed by atoms with van der Waals surface area (Å²) in [6.45, 7) is 11.0. The van der Waals surface area contributed by atoms with Gasteiger partial charge in [0.1, 0.15) is 0 Å². The van der Waals surface area contributed by atoms with Crippen LogP contribution in [0.25, 0.3) is 0 Å². The van der Waals surface area contributed by atoms with Gasteiger partial charge in [-0.1, -0.05) is 18.5 Å². The fourth-order valence-electron chi connectivity index (χ4n) is 1.80. The highest BCUT2D eigenvalue weighted by atomic mass is 35.5. The average molecular weight is 275 g/mol. The van der Waals surface area contributed by atoms with Gasteiger partial charge in [-0.2, -0.15) is 0 Å². The van der Waals surface area contributed by atoms with Crippen LogP contribution in [0.2, 0.25) is 4.34 Å². The third-order valence-electron chi connectivity index (χ3n) is 2.74. The Balaban J connectivity index is 2.18. The number of hydrogen-bond donors (Lipinski definition) is 1. The van der Waals surface area contributed by atoms with E-state index in [2.05, 4.69) is 37.1 Å². The highest BCUT2D eigenvalue weighted by molar-refractivity contribution is 7.16. The zero-order chi connectivity index (χ0) is 12.7. The van der Waals surface area contributed by atoms with Crippen LogP contribution in [0.1, 0.15) is 32.1 Å². The molecule has 0 radical (unpaired) electrons. The van der Waals surface area contributed by atoms with Gasteiger partial charge in [-0.25, -0.2) is 0 Å². The van der Waals surface area contributed by atoms with Gasteiger partial charge in [0.15, 0.2) is 0 Å². The molecular formula is C13H23ClN2S. The average Bonchev–Trinajstić information content (AvgIpc) is 2.68. The summed E-state index contributed by atoms with van der Waals surface area (Å²) in [6.07, 6.45) is 1.22. The Morgan fingerprint density at radius 2 is 2.12 bits per heavy atom. The fraction of sp³-hybridized carbons (Fsp3) is 0.692. The molecule has 1 N–H and O–H groups in total. The molecule has 1 aromatic heterocycles. The predicted octanol–water partition coefficient (Wildman–Crippen LogP) is 3.61. The highest BCUT2D eigenvalue weighted by Crippen LogP contribution is 2.20. The van der Waals surface area contributed by atoms with Crippen LogP contribution >= 0.6 is 22.9 Å². The topological polar surface area (TPSA) is 15.3 Å². The van der Waals surface area contributed by atoms with Crippen LogP contribution in [0, 0.1) is 0 Å². The smallest absolute Gasteiger partial charge is 0.0931 e. The van der Waals surface area contributed by atoms with Crippen LogP contribution < -0.4 is 5.32 Å². The molecule has 1 heterocycles. The van der Waals surface area contributed by atoms with Gasteiger partial charge in [0, 0.05) is 30.6 Å². The second kappa shape index (κ2) is 8.09. The van der Waals surface area contributed by atoms with E-state index in [1.165, 1.54) is 17.8 Å². The molecule has 0 unspecified atom stereocenters. The van der Waals surface area contributed by atoms with E-state index in [1.54, 1.807) is 11.3 Å². The van der Waals surface area contributed by atoms with Crippen molar-refractivity contribution in [2.45, 2.75) is 39.8 Å². The summed E-state index contributed by atoms with van der Waals surface area (Å²) in [5.74, 6) is 0. The first-order valence-electron chi connectivity index (χ1n) is 6.32. The van der Waals surface area contributed by atoms with Crippen molar-refractivity contribution >= 4 is 22.9 Å². The van der Waals surface area contributed by atoms with Crippen molar-refractivity contribution in [2.24, 2.45) is 0 Å². The Morgan fingerprint density at radius 1 is 1.35 bits per heavy atom. The largest absolute Gasteiger partial charge is 0.311 e. The molecule has 0 spiro atoms. The van der Waals surface area contributed by atoms with Gasteiger partial charge < -0.3 is 5.32 Å². The maximum Gasteiger partial charge on any atom is 0.0931 e. The third-order valence-corrected chi connectivity index (χ3v) is 3.98. The molecule has 0 atom stereocenters. The van der Waals surface area contributed by atoms with Crippen molar-refractivity contribution in [3.8, 4) is 0 Å². The molecule has 0 bridgehead atoms. The molecule has 0 amide bonds. The molecule has 0 aromatic carbocycles. The summed E-state index contributed by atoms with van der Waals surface area (Å²) in [5, 5.41) is 3.47. The lowest BCUT2D eigenvalue weighted by Crippen LogP contribution is -2.37. The Morgan fingerprint density at radius 3 is 2.65 bits per heavy atom. The lowest BCUT2D eigenvalue weighted by molar-refractivity contribution is 0.222. The number of hydrogen-bond acceptors (Lipinski definition) is 3. The van der Waals surface area contributed by atoms with E-state index in [0.717, 1.165) is 24.0 Å². The molecule has 4 heteroatoms. The number of halogens is 1. The van der Waals surface area contributed by atoms with Gasteiger partial charge in [0.05, 0.1) is 4.34 Å². The molecule has 0 aliphatic rings. The second-order valence-electron chi connectivity index (χ2n) is 4.51. The van der Waals surface area contributed by atoms with E-state index in [4.69, 9.17) is 11.6 Å². The maximum atomic E-state index is 5.89. The van der Waals surface area contributed by atoms with Crippen molar-refractivity contribution in [3.05, 3.63) is 21.3 Å². The fourth-order valence-corrected chi connectivity index (χ4v) is 2.85. The molecule has 0 fully saturated rings. The molecule has 17 heavy (non-hydrogen) atoms. The molecular weight excluding hydrogens is 252 g/mol. The van der Waals surface area contributed by atoms with Crippen molar-refractivity contribution in [2.75, 3.05) is 19.6 Å². The summed E-state index contributed by atoms with van der Waals surface area (Å²) in [5.41, 5.74) is 0. The third kappa shape index (κ3) is 5.87. The number of nitrogens with zero attached hydrogens (tertiary/aromatic N) is 1. The van der Waals surface area contributed by atoms with Gasteiger partial charge in [-0.15, -0.1) is 11.3 Å². The molecule has 1 rings (SSSR count). The molecule has 98 valence electrons. The van der Waals surface area contributed by atoms with Crippen LogP contribution in [-0.2, 0) is 6.54 Å². The summed E-state index contributed by atoms with van der Waals surface area (Å²) >= 11 is 7.54. The summed E-state index contributed by atoms with van der Waals surface area (Å²) < 4.78 is 0.872. The first-order chi connectivity index (χ1) is 8.13. The van der Waals surface area contributed by atoms with E-state index in [9.17, 15) is 0 Å². The lowest BCUT2D eigenvalue weighted by atomic mass is 10.3. The maximum absolute atomic E-state index is 5.89. The van der Waals surface area contributed by atoms with Gasteiger partial charge in [0.25, 0.3) is 0 Å². The molecule has 0 aliphatic heterocycles. The number of rotatable bonds is 8. The zero-order valence-corrected chi connectivity index (χ0v) is 12.6. The Bertz CT molecular complexity index is 312. The van der Waals surface area contributed by atoms with Crippen LogP contribution in [0.4, 0.5) is 0 Å². The summed E-state index contributed by atoms with van der Waals surface area (Å²) in [7, 11) is 0. The van der Waals surface area contributed by atoms with E-state index in [0.29, 0.717) is 6.04 Å².